The van der Waals surface area contributed by atoms with Gasteiger partial charge in [-0.1, -0.05) is 6.92 Å². The van der Waals surface area contributed by atoms with Gasteiger partial charge in [0.25, 0.3) is 0 Å². The van der Waals surface area contributed by atoms with E-state index in [0.717, 1.165) is 22.3 Å². The van der Waals surface area contributed by atoms with Gasteiger partial charge in [-0.3, -0.25) is 9.97 Å². The van der Waals surface area contributed by atoms with Crippen LogP contribution in [0, 0.1) is 0 Å². The summed E-state index contributed by atoms with van der Waals surface area (Å²) in [7, 11) is 0. The quantitative estimate of drug-likeness (QED) is 0.450. The van der Waals surface area contributed by atoms with Crippen LogP contribution in [-0.2, 0) is 6.18 Å². The number of hydrogen-bond donors (Lipinski definition) is 0. The monoisotopic (exact) mass is 401 g/mol. The van der Waals surface area contributed by atoms with Crippen molar-refractivity contribution in [2.75, 3.05) is 5.75 Å². The molecule has 0 atom stereocenters. The molecule has 4 heterocycles. The van der Waals surface area contributed by atoms with Crippen LogP contribution in [0.4, 0.5) is 13.2 Å². The molecular formula is C19H14F3N5S. The zero-order valence-corrected chi connectivity index (χ0v) is 15.5. The first kappa shape index (κ1) is 18.4. The van der Waals surface area contributed by atoms with Crippen LogP contribution in [0.3, 0.4) is 0 Å². The number of hydrogen-bond acceptors (Lipinski definition) is 5. The van der Waals surface area contributed by atoms with Gasteiger partial charge in [-0.05, 0) is 36.1 Å². The first-order valence-corrected chi connectivity index (χ1v) is 9.41. The number of aromatic nitrogens is 5. The second-order valence-corrected chi connectivity index (χ2v) is 7.20. The molecule has 0 N–H and O–H groups in total. The van der Waals surface area contributed by atoms with Crippen molar-refractivity contribution in [3.05, 3.63) is 60.8 Å². The summed E-state index contributed by atoms with van der Waals surface area (Å²) in [6.07, 6.45) is 1.69. The summed E-state index contributed by atoms with van der Waals surface area (Å²) in [5.41, 5.74) is 0.792. The van der Waals surface area contributed by atoms with Crippen LogP contribution in [0.1, 0.15) is 12.6 Å². The fourth-order valence-electron chi connectivity index (χ4n) is 2.72. The molecule has 0 aromatic carbocycles. The number of halogens is 3. The lowest BCUT2D eigenvalue weighted by Gasteiger charge is -2.10. The average Bonchev–Trinajstić information content (AvgIpc) is 3.12. The molecule has 28 heavy (non-hydrogen) atoms. The van der Waals surface area contributed by atoms with E-state index in [1.807, 2.05) is 31.2 Å². The fraction of sp³-hybridized carbons (Fsp3) is 0.158. The summed E-state index contributed by atoms with van der Waals surface area (Å²) in [6.45, 7) is 2.02. The highest BCUT2D eigenvalue weighted by atomic mass is 32.2. The Labute approximate surface area is 162 Å². The van der Waals surface area contributed by atoms with Crippen LogP contribution in [0.25, 0.3) is 28.0 Å². The Morgan fingerprint density at radius 1 is 1.14 bits per heavy atom. The topological polar surface area (TPSA) is 56.5 Å². The summed E-state index contributed by atoms with van der Waals surface area (Å²) >= 11 is 1.58. The molecule has 0 amide bonds. The Kier molecular flexibility index (Phi) is 4.76. The number of alkyl halides is 3. The van der Waals surface area contributed by atoms with Gasteiger partial charge < -0.3 is 0 Å². The fourth-order valence-corrected chi connectivity index (χ4v) is 3.47. The van der Waals surface area contributed by atoms with Crippen LogP contribution in [-0.4, -0.2) is 30.5 Å². The number of rotatable bonds is 4. The predicted molar refractivity (Wildman–Crippen MR) is 101 cm³/mol. The smallest absolute Gasteiger partial charge is 0.264 e. The molecule has 142 valence electrons. The first-order chi connectivity index (χ1) is 13.5. The Hall–Kier alpha value is -2.94. The maximum Gasteiger partial charge on any atom is 0.433 e. The Morgan fingerprint density at radius 2 is 2.00 bits per heavy atom. The molecule has 4 aromatic heterocycles. The minimum Gasteiger partial charge on any atom is -0.264 e. The highest BCUT2D eigenvalue weighted by Gasteiger charge is 2.32. The zero-order valence-electron chi connectivity index (χ0n) is 14.7. The molecule has 5 nitrogen and oxygen atoms in total. The molecule has 9 heteroatoms. The molecule has 0 unspecified atom stereocenters. The Morgan fingerprint density at radius 3 is 2.71 bits per heavy atom. The van der Waals surface area contributed by atoms with E-state index in [1.165, 1.54) is 10.9 Å². The van der Waals surface area contributed by atoms with Gasteiger partial charge in [-0.15, -0.1) is 11.8 Å². The Balaban J connectivity index is 1.84. The predicted octanol–water partition coefficient (Wildman–Crippen LogP) is 5.01. The third-order valence-electron chi connectivity index (χ3n) is 3.99. The molecule has 0 saturated carbocycles. The molecule has 0 saturated heterocycles. The maximum absolute atomic E-state index is 12.9. The third kappa shape index (κ3) is 3.57. The van der Waals surface area contributed by atoms with Crippen molar-refractivity contribution in [1.29, 1.82) is 0 Å². The van der Waals surface area contributed by atoms with E-state index in [2.05, 4.69) is 15.1 Å². The van der Waals surface area contributed by atoms with Crippen molar-refractivity contribution in [3.63, 3.8) is 0 Å². The van der Waals surface area contributed by atoms with Gasteiger partial charge in [0.2, 0.25) is 0 Å². The van der Waals surface area contributed by atoms with Gasteiger partial charge >= 0.3 is 6.18 Å². The van der Waals surface area contributed by atoms with Crippen LogP contribution < -0.4 is 0 Å². The van der Waals surface area contributed by atoms with E-state index in [-0.39, 0.29) is 5.52 Å². The van der Waals surface area contributed by atoms with Gasteiger partial charge in [0.05, 0.1) is 16.1 Å². The first-order valence-electron chi connectivity index (χ1n) is 8.43. The lowest BCUT2D eigenvalue weighted by atomic mass is 10.2. The lowest BCUT2D eigenvalue weighted by molar-refractivity contribution is -0.141. The largest absolute Gasteiger partial charge is 0.433 e. The molecular weight excluding hydrogens is 387 g/mol. The van der Waals surface area contributed by atoms with Crippen LogP contribution >= 0.6 is 11.8 Å². The van der Waals surface area contributed by atoms with Crippen LogP contribution in [0.15, 0.2) is 60.0 Å². The van der Waals surface area contributed by atoms with Gasteiger partial charge in [0.15, 0.2) is 5.82 Å². The van der Waals surface area contributed by atoms with E-state index in [0.29, 0.717) is 16.9 Å². The summed E-state index contributed by atoms with van der Waals surface area (Å²) in [5, 5.41) is 4.83. The van der Waals surface area contributed by atoms with Crippen LogP contribution in [0.5, 0.6) is 0 Å². The van der Waals surface area contributed by atoms with Crippen molar-refractivity contribution >= 4 is 22.7 Å². The second-order valence-electron chi connectivity index (χ2n) is 5.89. The summed E-state index contributed by atoms with van der Waals surface area (Å²) in [5.74, 6) is 1.37. The van der Waals surface area contributed by atoms with E-state index >= 15 is 0 Å². The molecule has 0 aliphatic carbocycles. The van der Waals surface area contributed by atoms with Crippen molar-refractivity contribution in [2.24, 2.45) is 0 Å². The standard InChI is InChI=1S/C19H14F3N5S/c1-2-28-16-6-5-14(12-4-3-7-23-9-12)25-18(16)27-11-13-10-24-17(19(20,21)22)8-15(13)26-27/h3-11H,2H2,1H3. The molecule has 0 aliphatic rings. The van der Waals surface area contributed by atoms with E-state index in [1.54, 1.807) is 30.4 Å². The maximum atomic E-state index is 12.9. The summed E-state index contributed by atoms with van der Waals surface area (Å²) in [4.78, 5) is 13.2. The highest BCUT2D eigenvalue weighted by molar-refractivity contribution is 7.99. The SMILES string of the molecule is CCSc1ccc(-c2cccnc2)nc1-n1cc2cnc(C(F)(F)F)cc2n1. The van der Waals surface area contributed by atoms with E-state index in [9.17, 15) is 13.2 Å². The summed E-state index contributed by atoms with van der Waals surface area (Å²) in [6, 6.07) is 8.49. The van der Waals surface area contributed by atoms with Gasteiger partial charge in [0, 0.05) is 35.7 Å². The van der Waals surface area contributed by atoms with Gasteiger partial charge in [0.1, 0.15) is 5.69 Å². The van der Waals surface area contributed by atoms with Crippen molar-refractivity contribution in [1.82, 2.24) is 24.7 Å². The molecule has 0 bridgehead atoms. The molecule has 0 fully saturated rings. The number of thioether (sulfide) groups is 1. The molecule has 0 aliphatic heterocycles. The summed E-state index contributed by atoms with van der Waals surface area (Å²) < 4.78 is 40.3. The van der Waals surface area contributed by atoms with Crippen molar-refractivity contribution in [3.8, 4) is 17.1 Å². The molecule has 4 aromatic rings. The molecule has 4 rings (SSSR count). The third-order valence-corrected chi connectivity index (χ3v) is 4.91. The lowest BCUT2D eigenvalue weighted by Crippen LogP contribution is -2.07. The second kappa shape index (κ2) is 7.23. The normalized spacial score (nSPS) is 11.9. The average molecular weight is 401 g/mol. The van der Waals surface area contributed by atoms with Gasteiger partial charge in [-0.25, -0.2) is 9.67 Å². The Bertz CT molecular complexity index is 1130. The number of nitrogens with zero attached hydrogens (tertiary/aromatic N) is 5. The minimum atomic E-state index is -4.51. The molecule has 0 spiro atoms. The molecule has 0 radical (unpaired) electrons. The minimum absolute atomic E-state index is 0.211. The van der Waals surface area contributed by atoms with Crippen molar-refractivity contribution < 1.29 is 13.2 Å². The van der Waals surface area contributed by atoms with Crippen LogP contribution in [0.2, 0.25) is 0 Å². The van der Waals surface area contributed by atoms with Gasteiger partial charge in [-0.2, -0.15) is 18.3 Å². The van der Waals surface area contributed by atoms with E-state index in [4.69, 9.17) is 4.98 Å². The van der Waals surface area contributed by atoms with Crippen molar-refractivity contribution in [2.45, 2.75) is 18.0 Å². The number of fused-ring (bicyclic) bond motifs is 1. The van der Waals surface area contributed by atoms with E-state index < -0.39 is 11.9 Å². The number of pyridine rings is 3. The zero-order chi connectivity index (χ0) is 19.7. The highest BCUT2D eigenvalue weighted by Crippen LogP contribution is 2.31.